The van der Waals surface area contributed by atoms with E-state index in [-0.39, 0.29) is 30.6 Å². The molecule has 0 fully saturated rings. The lowest BCUT2D eigenvalue weighted by Crippen LogP contribution is -2.27. The van der Waals surface area contributed by atoms with Gasteiger partial charge in [0.25, 0.3) is 11.0 Å². The second-order valence-corrected chi connectivity index (χ2v) is 10.9. The minimum Gasteiger partial charge on any atom is -0.355 e. The third-order valence-corrected chi connectivity index (χ3v) is 7.95. The summed E-state index contributed by atoms with van der Waals surface area (Å²) in [6, 6.07) is 11.7. The summed E-state index contributed by atoms with van der Waals surface area (Å²) >= 11 is 5.96. The molecule has 12 heteroatoms. The molecule has 2 aromatic carbocycles. The zero-order valence-corrected chi connectivity index (χ0v) is 22.0. The lowest BCUT2D eigenvalue weighted by Gasteiger charge is -2.08. The summed E-state index contributed by atoms with van der Waals surface area (Å²) in [5.74, 6) is 0.481. The van der Waals surface area contributed by atoms with Crippen LogP contribution in [-0.2, 0) is 16.1 Å². The highest BCUT2D eigenvalue weighted by Crippen LogP contribution is 2.29. The molecule has 9 nitrogen and oxygen atoms in total. The van der Waals surface area contributed by atoms with Crippen LogP contribution >= 0.6 is 33.2 Å². The molecule has 0 unspecified atom stereocenters. The van der Waals surface area contributed by atoms with Gasteiger partial charge in [0.2, 0.25) is 5.91 Å². The van der Waals surface area contributed by atoms with E-state index in [4.69, 9.17) is 11.6 Å². The quantitative estimate of drug-likeness (QED) is 0.113. The molecule has 1 heterocycles. The van der Waals surface area contributed by atoms with E-state index in [1.54, 1.807) is 54.0 Å². The Morgan fingerprint density at radius 3 is 2.42 bits per heavy atom. The van der Waals surface area contributed by atoms with Gasteiger partial charge in [-0.25, -0.2) is 0 Å². The van der Waals surface area contributed by atoms with Crippen molar-refractivity contribution in [1.82, 2.24) is 9.88 Å². The summed E-state index contributed by atoms with van der Waals surface area (Å²) < 4.78 is 1.56. The maximum atomic E-state index is 13.4. The number of benzene rings is 2. The molecular formula is C24H24ClN3O6S2. The number of nitrogens with zero attached hydrogens (tertiary/aromatic N) is 2. The molecule has 0 saturated heterocycles. The minimum atomic E-state index is -0.827. The number of carbonyl (C=O) groups excluding carboxylic acids is 3. The van der Waals surface area contributed by atoms with Crippen molar-refractivity contribution < 1.29 is 24.3 Å². The van der Waals surface area contributed by atoms with E-state index >= 15 is 0 Å². The summed E-state index contributed by atoms with van der Waals surface area (Å²) in [6.45, 7) is 3.67. The van der Waals surface area contributed by atoms with Crippen molar-refractivity contribution in [3.8, 4) is 0 Å². The van der Waals surface area contributed by atoms with Gasteiger partial charge in [-0.3, -0.25) is 19.0 Å². The fourth-order valence-corrected chi connectivity index (χ4v) is 5.48. The Hall–Kier alpha value is -3.02. The molecule has 0 bridgehead atoms. The first-order valence-corrected chi connectivity index (χ1v) is 13.8. The summed E-state index contributed by atoms with van der Waals surface area (Å²) in [5.41, 5.74) is 2.85. The van der Waals surface area contributed by atoms with Crippen LogP contribution in [0.25, 0.3) is 10.9 Å². The predicted octanol–water partition coefficient (Wildman–Crippen LogP) is 4.74. The van der Waals surface area contributed by atoms with Crippen LogP contribution in [0.5, 0.6) is 0 Å². The Morgan fingerprint density at radius 2 is 1.75 bits per heavy atom. The van der Waals surface area contributed by atoms with E-state index in [1.807, 2.05) is 0 Å². The van der Waals surface area contributed by atoms with Crippen molar-refractivity contribution in [2.75, 3.05) is 24.7 Å². The second kappa shape index (κ2) is 12.8. The molecule has 1 N–H and O–H groups in total. The molecule has 0 spiro atoms. The number of nitrogens with one attached hydrogen (secondary N) is 1. The first-order valence-electron chi connectivity index (χ1n) is 10.9. The van der Waals surface area contributed by atoms with Crippen molar-refractivity contribution in [2.24, 2.45) is 0 Å². The molecule has 0 aliphatic rings. The zero-order valence-electron chi connectivity index (χ0n) is 19.6. The monoisotopic (exact) mass is 549 g/mol. The van der Waals surface area contributed by atoms with Crippen LogP contribution in [0.15, 0.2) is 42.5 Å². The number of fused-ring (bicyclic) bond motifs is 1. The third kappa shape index (κ3) is 7.02. The Kier molecular flexibility index (Phi) is 9.80. The molecule has 3 rings (SSSR count). The van der Waals surface area contributed by atoms with E-state index in [2.05, 4.69) is 10.2 Å². The summed E-state index contributed by atoms with van der Waals surface area (Å²) in [4.78, 5) is 52.4. The number of amides is 1. The van der Waals surface area contributed by atoms with Crippen molar-refractivity contribution in [3.63, 3.8) is 0 Å². The smallest absolute Gasteiger partial charge is 0.294 e. The van der Waals surface area contributed by atoms with Crippen molar-refractivity contribution in [2.45, 2.75) is 20.3 Å². The van der Waals surface area contributed by atoms with Crippen LogP contribution in [0.3, 0.4) is 0 Å². The Balaban J connectivity index is 1.75. The molecule has 1 amide bonds. The van der Waals surface area contributed by atoms with E-state index < -0.39 is 5.09 Å². The van der Waals surface area contributed by atoms with Crippen LogP contribution in [0.2, 0.25) is 5.02 Å². The summed E-state index contributed by atoms with van der Waals surface area (Å²) in [6.07, 6.45) is 0.0407. The Bertz CT molecular complexity index is 1290. The van der Waals surface area contributed by atoms with Gasteiger partial charge in [0.05, 0.1) is 11.9 Å². The van der Waals surface area contributed by atoms with Crippen molar-refractivity contribution in [3.05, 3.63) is 80.0 Å². The van der Waals surface area contributed by atoms with Crippen molar-refractivity contribution in [1.29, 1.82) is 0 Å². The van der Waals surface area contributed by atoms with Gasteiger partial charge in [-0.2, -0.15) is 0 Å². The van der Waals surface area contributed by atoms with Gasteiger partial charge in [0, 0.05) is 45.3 Å². The zero-order chi connectivity index (χ0) is 26.2. The lowest BCUT2D eigenvalue weighted by atomic mass is 10.0. The fourth-order valence-electron chi connectivity index (χ4n) is 3.63. The summed E-state index contributed by atoms with van der Waals surface area (Å²) in [7, 11) is 2.89. The van der Waals surface area contributed by atoms with Gasteiger partial charge in [-0.1, -0.05) is 33.2 Å². The highest BCUT2D eigenvalue weighted by molar-refractivity contribution is 8.76. The molecule has 190 valence electrons. The molecule has 3 aromatic rings. The average molecular weight is 550 g/mol. The molecule has 1 aromatic heterocycles. The molecule has 36 heavy (non-hydrogen) atoms. The van der Waals surface area contributed by atoms with Gasteiger partial charge in [-0.05, 0) is 61.9 Å². The van der Waals surface area contributed by atoms with Crippen LogP contribution in [0.4, 0.5) is 0 Å². The maximum Gasteiger partial charge on any atom is 0.294 e. The highest BCUT2D eigenvalue weighted by atomic mass is 35.5. The highest BCUT2D eigenvalue weighted by Gasteiger charge is 2.22. The molecule has 0 saturated carbocycles. The second-order valence-electron chi connectivity index (χ2n) is 7.73. The van der Waals surface area contributed by atoms with Gasteiger partial charge in [-0.15, -0.1) is 10.1 Å². The van der Waals surface area contributed by atoms with Crippen LogP contribution in [-0.4, -0.2) is 51.9 Å². The number of carbonyl (C=O) groups is 3. The minimum absolute atomic E-state index is 0.0113. The standard InChI is InChI=1S/C24H24ClN3O6S2/c1-15-20(14-23(30)26-9-11-35-36-12-10-34-28(32)33)21-13-18(16(2)29)5-8-22(21)27(15)24(31)17-3-6-19(25)7-4-17/h3-8,13H,9-12,14H2,1-2H3,(H,26,30). The first kappa shape index (κ1) is 27.6. The number of rotatable bonds is 12. The number of ketones is 1. The maximum absolute atomic E-state index is 13.4. The molecule has 0 atom stereocenters. The van der Waals surface area contributed by atoms with E-state index in [0.717, 1.165) is 0 Å². The van der Waals surface area contributed by atoms with Gasteiger partial charge < -0.3 is 10.2 Å². The topological polar surface area (TPSA) is 121 Å². The lowest BCUT2D eigenvalue weighted by molar-refractivity contribution is -0.756. The number of hydrogen-bond donors (Lipinski definition) is 1. The van der Waals surface area contributed by atoms with E-state index in [1.165, 1.54) is 28.5 Å². The predicted molar refractivity (Wildman–Crippen MR) is 142 cm³/mol. The third-order valence-electron chi connectivity index (χ3n) is 5.33. The van der Waals surface area contributed by atoms with Crippen molar-refractivity contribution >= 4 is 61.7 Å². The van der Waals surface area contributed by atoms with Crippen LogP contribution in [0, 0.1) is 17.0 Å². The number of hydrogen-bond acceptors (Lipinski definition) is 8. The van der Waals surface area contributed by atoms with Gasteiger partial charge >= 0.3 is 0 Å². The first-order chi connectivity index (χ1) is 17.2. The molecule has 0 aliphatic heterocycles. The number of aromatic nitrogens is 1. The number of halogens is 1. The molecule has 0 aliphatic carbocycles. The average Bonchev–Trinajstić information content (AvgIpc) is 3.11. The SMILES string of the molecule is CC(=O)c1ccc2c(c1)c(CC(=O)NCCSSCCO[N+](=O)[O-])c(C)n2C(=O)c1ccc(Cl)cc1. The van der Waals surface area contributed by atoms with Crippen LogP contribution in [0.1, 0.15) is 38.9 Å². The largest absolute Gasteiger partial charge is 0.355 e. The Morgan fingerprint density at radius 1 is 1.08 bits per heavy atom. The molecular weight excluding hydrogens is 526 g/mol. The van der Waals surface area contributed by atoms with Crippen LogP contribution < -0.4 is 5.32 Å². The Labute approximate surface area is 220 Å². The van der Waals surface area contributed by atoms with E-state index in [0.29, 0.717) is 56.4 Å². The normalized spacial score (nSPS) is 10.9. The van der Waals surface area contributed by atoms with Gasteiger partial charge in [0.15, 0.2) is 5.78 Å². The number of Topliss-reactive ketones (excluding diaryl/α,β-unsaturated/α-hetero) is 1. The van der Waals surface area contributed by atoms with E-state index in [9.17, 15) is 24.5 Å². The van der Waals surface area contributed by atoms with Gasteiger partial charge in [0.1, 0.15) is 6.61 Å². The molecule has 0 radical (unpaired) electrons. The fraction of sp³-hybridized carbons (Fsp3) is 0.292. The summed E-state index contributed by atoms with van der Waals surface area (Å²) in [5, 5.41) is 13.3.